The molecule has 20 heavy (non-hydrogen) atoms. The van der Waals surface area contributed by atoms with E-state index in [9.17, 15) is 30.7 Å². The van der Waals surface area contributed by atoms with E-state index in [4.69, 9.17) is 0 Å². The fraction of sp³-hybridized carbons (Fsp3) is 0.500. The molecule has 0 heterocycles. The summed E-state index contributed by atoms with van der Waals surface area (Å²) in [5.41, 5.74) is -0.269. The number of benzene rings is 1. The minimum atomic E-state index is -5.49. The van der Waals surface area contributed by atoms with Crippen molar-refractivity contribution in [3.8, 4) is 0 Å². The van der Waals surface area contributed by atoms with Crippen molar-refractivity contribution in [2.24, 2.45) is 5.92 Å². The van der Waals surface area contributed by atoms with E-state index in [1.165, 1.54) is 6.92 Å². The molecule has 8 heteroatoms. The highest BCUT2D eigenvalue weighted by atomic mass is 19.4. The zero-order valence-corrected chi connectivity index (χ0v) is 10.5. The molecule has 0 spiro atoms. The van der Waals surface area contributed by atoms with Crippen molar-refractivity contribution in [3.63, 3.8) is 0 Å². The number of hydrogen-bond donors (Lipinski definition) is 1. The zero-order chi connectivity index (χ0) is 15.7. The number of halogens is 7. The highest BCUT2D eigenvalue weighted by Gasteiger charge is 2.60. The van der Waals surface area contributed by atoms with Crippen LogP contribution >= 0.6 is 0 Å². The monoisotopic (exact) mass is 303 g/mol. The minimum Gasteiger partial charge on any atom is -0.312 e. The number of nitrogens with one attached hydrogen (secondary N) is 1. The molecule has 1 unspecified atom stereocenters. The van der Waals surface area contributed by atoms with Gasteiger partial charge in [0.25, 0.3) is 0 Å². The van der Waals surface area contributed by atoms with Gasteiger partial charge in [-0.1, -0.05) is 12.1 Å². The Labute approximate surface area is 110 Å². The fourth-order valence-corrected chi connectivity index (χ4v) is 1.89. The van der Waals surface area contributed by atoms with Gasteiger partial charge in [-0.3, -0.25) is 0 Å². The highest BCUT2D eigenvalue weighted by Crippen LogP contribution is 2.46. The summed E-state index contributed by atoms with van der Waals surface area (Å²) in [4.78, 5) is 0. The van der Waals surface area contributed by atoms with E-state index in [-0.39, 0.29) is 5.56 Å². The van der Waals surface area contributed by atoms with Gasteiger partial charge in [0.15, 0.2) is 5.92 Å². The van der Waals surface area contributed by atoms with E-state index < -0.39 is 35.7 Å². The maximum Gasteiger partial charge on any atom is 0.402 e. The van der Waals surface area contributed by atoms with Crippen LogP contribution in [0.3, 0.4) is 0 Å². The molecule has 0 fully saturated rings. The summed E-state index contributed by atoms with van der Waals surface area (Å²) in [7, 11) is 0.965. The molecule has 0 saturated carbocycles. The lowest BCUT2D eigenvalue weighted by atomic mass is 9.91. The van der Waals surface area contributed by atoms with Crippen LogP contribution in [-0.4, -0.2) is 19.4 Å². The number of rotatable bonds is 3. The first-order chi connectivity index (χ1) is 8.98. The molecule has 0 aromatic heterocycles. The van der Waals surface area contributed by atoms with Crippen LogP contribution < -0.4 is 5.32 Å². The second kappa shape index (κ2) is 5.59. The Balaban J connectivity index is 3.30. The Kier molecular flexibility index (Phi) is 4.68. The van der Waals surface area contributed by atoms with Gasteiger partial charge in [-0.2, -0.15) is 26.3 Å². The van der Waals surface area contributed by atoms with Gasteiger partial charge in [-0.25, -0.2) is 4.39 Å². The third-order valence-electron chi connectivity index (χ3n) is 2.90. The molecule has 0 bridgehead atoms. The lowest BCUT2D eigenvalue weighted by molar-refractivity contribution is -0.292. The first-order valence-electron chi connectivity index (χ1n) is 5.55. The molecule has 1 aromatic rings. The molecule has 0 aliphatic rings. The summed E-state index contributed by atoms with van der Waals surface area (Å²) < 4.78 is 89.3. The van der Waals surface area contributed by atoms with Crippen LogP contribution in [0.4, 0.5) is 30.7 Å². The smallest absolute Gasteiger partial charge is 0.312 e. The first-order valence-corrected chi connectivity index (χ1v) is 5.55. The number of hydrogen-bond acceptors (Lipinski definition) is 1. The Morgan fingerprint density at radius 1 is 1.00 bits per heavy atom. The van der Waals surface area contributed by atoms with Crippen molar-refractivity contribution in [1.82, 2.24) is 5.32 Å². The van der Waals surface area contributed by atoms with Crippen LogP contribution in [0.1, 0.15) is 17.2 Å². The summed E-state index contributed by atoms with van der Waals surface area (Å²) in [5, 5.41) is 1.97. The molecular formula is C12H12F7N. The second-order valence-corrected chi connectivity index (χ2v) is 4.34. The van der Waals surface area contributed by atoms with E-state index in [2.05, 4.69) is 0 Å². The molecule has 0 saturated heterocycles. The molecule has 0 aliphatic heterocycles. The first kappa shape index (κ1) is 16.7. The molecule has 1 rings (SSSR count). The third kappa shape index (κ3) is 3.62. The van der Waals surface area contributed by atoms with Crippen molar-refractivity contribution in [1.29, 1.82) is 0 Å². The molecule has 1 nitrogen and oxygen atoms in total. The highest BCUT2D eigenvalue weighted by molar-refractivity contribution is 5.27. The predicted molar refractivity (Wildman–Crippen MR) is 58.5 cm³/mol. The van der Waals surface area contributed by atoms with E-state index in [0.717, 1.165) is 19.2 Å². The van der Waals surface area contributed by atoms with Crippen LogP contribution in [0.2, 0.25) is 0 Å². The molecule has 0 aliphatic carbocycles. The summed E-state index contributed by atoms with van der Waals surface area (Å²) in [6.45, 7) is 1.36. The summed E-state index contributed by atoms with van der Waals surface area (Å²) in [6, 6.07) is 0.759. The fourth-order valence-electron chi connectivity index (χ4n) is 1.89. The van der Waals surface area contributed by atoms with Crippen molar-refractivity contribution >= 4 is 0 Å². The van der Waals surface area contributed by atoms with E-state index in [0.29, 0.717) is 6.07 Å². The van der Waals surface area contributed by atoms with Crippen LogP contribution in [0.5, 0.6) is 0 Å². The van der Waals surface area contributed by atoms with Gasteiger partial charge in [0.2, 0.25) is 0 Å². The lowest BCUT2D eigenvalue weighted by Gasteiger charge is -2.30. The van der Waals surface area contributed by atoms with Gasteiger partial charge in [0.1, 0.15) is 5.82 Å². The molecule has 1 N–H and O–H groups in total. The van der Waals surface area contributed by atoms with E-state index >= 15 is 0 Å². The van der Waals surface area contributed by atoms with Gasteiger partial charge >= 0.3 is 12.4 Å². The van der Waals surface area contributed by atoms with Crippen LogP contribution in [0, 0.1) is 18.7 Å². The van der Waals surface area contributed by atoms with Gasteiger partial charge in [0, 0.05) is 0 Å². The minimum absolute atomic E-state index is 0.138. The normalized spacial score (nSPS) is 14.7. The third-order valence-corrected chi connectivity index (χ3v) is 2.90. The quantitative estimate of drug-likeness (QED) is 0.828. The largest absolute Gasteiger partial charge is 0.402 e. The van der Waals surface area contributed by atoms with Crippen molar-refractivity contribution in [2.75, 3.05) is 7.05 Å². The standard InChI is InChI=1S/C12H12F7N/c1-6-3-4-7(5-8(6)13)9(20-2)10(11(14,15)16)12(17,18)19/h3-5,9-10,20H,1-2H3. The van der Waals surface area contributed by atoms with Gasteiger partial charge in [-0.05, 0) is 31.2 Å². The Morgan fingerprint density at radius 2 is 1.50 bits per heavy atom. The number of aryl methyl sites for hydroxylation is 1. The summed E-state index contributed by atoms with van der Waals surface area (Å²) in [6.07, 6.45) is -11.0. The van der Waals surface area contributed by atoms with Gasteiger partial charge < -0.3 is 5.32 Å². The van der Waals surface area contributed by atoms with Gasteiger partial charge in [-0.15, -0.1) is 0 Å². The molecule has 0 radical (unpaired) electrons. The molecular weight excluding hydrogens is 291 g/mol. The molecule has 1 atom stereocenters. The molecule has 114 valence electrons. The van der Waals surface area contributed by atoms with Crippen LogP contribution in [0.15, 0.2) is 18.2 Å². The predicted octanol–water partition coefficient (Wildman–Crippen LogP) is 4.14. The van der Waals surface area contributed by atoms with Crippen molar-refractivity contribution in [2.45, 2.75) is 25.3 Å². The van der Waals surface area contributed by atoms with Gasteiger partial charge in [0.05, 0.1) is 6.04 Å². The Morgan fingerprint density at radius 3 is 1.85 bits per heavy atom. The average Bonchev–Trinajstić information content (AvgIpc) is 2.26. The molecule has 0 amide bonds. The van der Waals surface area contributed by atoms with E-state index in [1.54, 1.807) is 0 Å². The lowest BCUT2D eigenvalue weighted by Crippen LogP contribution is -2.45. The zero-order valence-electron chi connectivity index (χ0n) is 10.5. The van der Waals surface area contributed by atoms with E-state index in [1.807, 2.05) is 5.32 Å². The summed E-state index contributed by atoms with van der Waals surface area (Å²) >= 11 is 0. The summed E-state index contributed by atoms with van der Waals surface area (Å²) in [5.74, 6) is -4.46. The molecule has 1 aromatic carbocycles. The van der Waals surface area contributed by atoms with Crippen molar-refractivity contribution < 1.29 is 30.7 Å². The Hall–Kier alpha value is -1.31. The van der Waals surface area contributed by atoms with Crippen molar-refractivity contribution in [3.05, 3.63) is 35.1 Å². The SMILES string of the molecule is CNC(c1ccc(C)c(F)c1)C(C(F)(F)F)C(F)(F)F. The maximum absolute atomic E-state index is 13.3. The second-order valence-electron chi connectivity index (χ2n) is 4.34. The van der Waals surface area contributed by atoms with Crippen LogP contribution in [0.25, 0.3) is 0 Å². The Bertz CT molecular complexity index is 450. The topological polar surface area (TPSA) is 12.0 Å². The maximum atomic E-state index is 13.3. The van der Waals surface area contributed by atoms with Crippen LogP contribution in [-0.2, 0) is 0 Å². The number of alkyl halides is 6. The average molecular weight is 303 g/mol.